The molecular formula is C24H26N4O. The molecule has 5 nitrogen and oxygen atoms in total. The first kappa shape index (κ1) is 18.3. The standard InChI is InChI=1S/C24H26N4O/c1-18-9-3-6-12-22(18)28-16-19(25-26-28)15-27-17-23(29)20-10-4-5-11-21(20)24(27)13-7-2-8-14-24/h3-6,9-12,16H,2,7-8,13-15,17H2,1H3. The van der Waals surface area contributed by atoms with E-state index < -0.39 is 0 Å². The van der Waals surface area contributed by atoms with Crippen LogP contribution in [0.15, 0.2) is 54.7 Å². The smallest absolute Gasteiger partial charge is 0.177 e. The van der Waals surface area contributed by atoms with E-state index in [0.717, 1.165) is 35.3 Å². The molecule has 1 aliphatic carbocycles. The quantitative estimate of drug-likeness (QED) is 0.668. The predicted octanol–water partition coefficient (Wildman–Crippen LogP) is 4.43. The van der Waals surface area contributed by atoms with Crippen LogP contribution in [0.25, 0.3) is 5.69 Å². The van der Waals surface area contributed by atoms with Gasteiger partial charge in [0.25, 0.3) is 0 Å². The van der Waals surface area contributed by atoms with Gasteiger partial charge in [-0.2, -0.15) is 0 Å². The number of hydrogen-bond acceptors (Lipinski definition) is 4. The third-order valence-corrected chi connectivity index (χ3v) is 6.61. The van der Waals surface area contributed by atoms with Crippen LogP contribution in [0.1, 0.15) is 59.3 Å². The van der Waals surface area contributed by atoms with E-state index in [-0.39, 0.29) is 11.3 Å². The lowest BCUT2D eigenvalue weighted by Crippen LogP contribution is -2.53. The van der Waals surface area contributed by atoms with Gasteiger partial charge in [-0.25, -0.2) is 4.68 Å². The first-order valence-corrected chi connectivity index (χ1v) is 10.5. The Labute approximate surface area is 171 Å². The van der Waals surface area contributed by atoms with Gasteiger partial charge in [0.1, 0.15) is 0 Å². The third kappa shape index (κ3) is 3.10. The van der Waals surface area contributed by atoms with Crippen molar-refractivity contribution in [2.75, 3.05) is 6.54 Å². The first-order valence-electron chi connectivity index (χ1n) is 10.5. The lowest BCUT2D eigenvalue weighted by atomic mass is 9.71. The summed E-state index contributed by atoms with van der Waals surface area (Å²) in [5.41, 5.74) is 5.17. The van der Waals surface area contributed by atoms with E-state index in [2.05, 4.69) is 46.4 Å². The van der Waals surface area contributed by atoms with E-state index in [1.54, 1.807) is 0 Å². The Bertz CT molecular complexity index is 1050. The summed E-state index contributed by atoms with van der Waals surface area (Å²) in [4.78, 5) is 15.3. The molecule has 5 heteroatoms. The molecule has 0 amide bonds. The molecule has 0 radical (unpaired) electrons. The summed E-state index contributed by atoms with van der Waals surface area (Å²) in [7, 11) is 0. The fourth-order valence-electron chi connectivity index (χ4n) is 5.15. The number of aryl methyl sites for hydroxylation is 1. The maximum atomic E-state index is 12.9. The monoisotopic (exact) mass is 386 g/mol. The van der Waals surface area contributed by atoms with Gasteiger partial charge >= 0.3 is 0 Å². The summed E-state index contributed by atoms with van der Waals surface area (Å²) in [6.45, 7) is 3.17. The fourth-order valence-corrected chi connectivity index (χ4v) is 5.15. The lowest BCUT2D eigenvalue weighted by molar-refractivity contribution is 0.0272. The van der Waals surface area contributed by atoms with E-state index >= 15 is 0 Å². The number of benzene rings is 2. The Morgan fingerprint density at radius 2 is 1.76 bits per heavy atom. The van der Waals surface area contributed by atoms with E-state index in [9.17, 15) is 4.79 Å². The van der Waals surface area contributed by atoms with Gasteiger partial charge in [-0.1, -0.05) is 66.9 Å². The SMILES string of the molecule is Cc1ccccc1-n1cc(CN2CC(=O)c3ccccc3C23CCCCC3)nn1. The van der Waals surface area contributed by atoms with Gasteiger partial charge in [-0.05, 0) is 37.0 Å². The highest BCUT2D eigenvalue weighted by Crippen LogP contribution is 2.46. The summed E-state index contributed by atoms with van der Waals surface area (Å²) in [5, 5.41) is 8.81. The van der Waals surface area contributed by atoms with Crippen LogP contribution >= 0.6 is 0 Å². The fraction of sp³-hybridized carbons (Fsp3) is 0.375. The van der Waals surface area contributed by atoms with Gasteiger partial charge < -0.3 is 0 Å². The maximum Gasteiger partial charge on any atom is 0.177 e. The van der Waals surface area contributed by atoms with Crippen molar-refractivity contribution in [3.05, 3.63) is 77.1 Å². The zero-order valence-electron chi connectivity index (χ0n) is 16.8. The highest BCUT2D eigenvalue weighted by Gasteiger charge is 2.45. The molecule has 2 aromatic carbocycles. The number of carbonyl (C=O) groups excluding carboxylic acids is 1. The number of para-hydroxylation sites is 1. The van der Waals surface area contributed by atoms with Crippen molar-refractivity contribution < 1.29 is 4.79 Å². The molecule has 0 N–H and O–H groups in total. The van der Waals surface area contributed by atoms with Gasteiger partial charge in [0.15, 0.2) is 5.78 Å². The summed E-state index contributed by atoms with van der Waals surface area (Å²) < 4.78 is 1.85. The summed E-state index contributed by atoms with van der Waals surface area (Å²) in [6.07, 6.45) is 7.88. The molecule has 29 heavy (non-hydrogen) atoms. The van der Waals surface area contributed by atoms with Crippen LogP contribution in [-0.2, 0) is 12.1 Å². The van der Waals surface area contributed by atoms with E-state index in [4.69, 9.17) is 0 Å². The highest BCUT2D eigenvalue weighted by molar-refractivity contribution is 6.00. The third-order valence-electron chi connectivity index (χ3n) is 6.61. The van der Waals surface area contributed by atoms with Gasteiger partial charge in [-0.15, -0.1) is 5.10 Å². The average Bonchev–Trinajstić information content (AvgIpc) is 3.21. The number of nitrogens with zero attached hydrogens (tertiary/aromatic N) is 4. The molecule has 0 unspecified atom stereocenters. The topological polar surface area (TPSA) is 51.0 Å². The second kappa shape index (κ2) is 7.23. The van der Waals surface area contributed by atoms with E-state index in [1.165, 1.54) is 24.8 Å². The van der Waals surface area contributed by atoms with Gasteiger partial charge in [0.2, 0.25) is 0 Å². The van der Waals surface area contributed by atoms with Crippen molar-refractivity contribution in [2.45, 2.75) is 51.1 Å². The zero-order valence-corrected chi connectivity index (χ0v) is 16.8. The molecule has 5 rings (SSSR count). The van der Waals surface area contributed by atoms with Crippen molar-refractivity contribution >= 4 is 5.78 Å². The van der Waals surface area contributed by atoms with Crippen LogP contribution in [0.4, 0.5) is 0 Å². The molecule has 0 saturated heterocycles. The summed E-state index contributed by atoms with van der Waals surface area (Å²) in [5.74, 6) is 0.211. The van der Waals surface area contributed by atoms with Gasteiger partial charge in [0.05, 0.1) is 24.1 Å². The normalized spacial score (nSPS) is 18.7. The molecule has 3 aromatic rings. The molecule has 1 saturated carbocycles. The minimum Gasteiger partial charge on any atom is -0.293 e. The molecule has 1 fully saturated rings. The summed E-state index contributed by atoms with van der Waals surface area (Å²) >= 11 is 0. The maximum absolute atomic E-state index is 12.9. The molecule has 0 bridgehead atoms. The van der Waals surface area contributed by atoms with Crippen molar-refractivity contribution in [3.8, 4) is 5.69 Å². The molecule has 1 aromatic heterocycles. The number of Topliss-reactive ketones (excluding diaryl/α,β-unsaturated/α-hetero) is 1. The number of rotatable bonds is 3. The molecule has 1 aliphatic heterocycles. The van der Waals surface area contributed by atoms with Crippen LogP contribution in [-0.4, -0.2) is 32.2 Å². The Morgan fingerprint density at radius 3 is 2.59 bits per heavy atom. The van der Waals surface area contributed by atoms with Crippen LogP contribution < -0.4 is 0 Å². The van der Waals surface area contributed by atoms with Crippen LogP contribution in [0.2, 0.25) is 0 Å². The molecule has 2 heterocycles. The Morgan fingerprint density at radius 1 is 1.00 bits per heavy atom. The van der Waals surface area contributed by atoms with E-state index in [0.29, 0.717) is 13.1 Å². The number of carbonyl (C=O) groups is 1. The van der Waals surface area contributed by atoms with Crippen LogP contribution in [0.5, 0.6) is 0 Å². The molecule has 148 valence electrons. The van der Waals surface area contributed by atoms with Gasteiger partial charge in [-0.3, -0.25) is 9.69 Å². The second-order valence-electron chi connectivity index (χ2n) is 8.36. The molecule has 0 atom stereocenters. The Balaban J connectivity index is 1.49. The Kier molecular flexibility index (Phi) is 4.55. The van der Waals surface area contributed by atoms with E-state index in [1.807, 2.05) is 35.1 Å². The number of hydrogen-bond donors (Lipinski definition) is 0. The second-order valence-corrected chi connectivity index (χ2v) is 8.36. The average molecular weight is 386 g/mol. The molecule has 1 spiro atoms. The number of aromatic nitrogens is 3. The summed E-state index contributed by atoms with van der Waals surface area (Å²) in [6, 6.07) is 16.4. The van der Waals surface area contributed by atoms with Gasteiger partial charge in [0, 0.05) is 17.6 Å². The molecule has 2 aliphatic rings. The van der Waals surface area contributed by atoms with Crippen molar-refractivity contribution in [3.63, 3.8) is 0 Å². The minimum atomic E-state index is -0.0603. The number of ketones is 1. The zero-order chi connectivity index (χ0) is 19.8. The van der Waals surface area contributed by atoms with Crippen molar-refractivity contribution in [1.82, 2.24) is 19.9 Å². The number of fused-ring (bicyclic) bond motifs is 2. The minimum absolute atomic E-state index is 0.0603. The predicted molar refractivity (Wildman–Crippen MR) is 112 cm³/mol. The Hall–Kier alpha value is -2.79. The first-order chi connectivity index (χ1) is 14.2. The van der Waals surface area contributed by atoms with Crippen molar-refractivity contribution in [2.24, 2.45) is 0 Å². The highest BCUT2D eigenvalue weighted by atomic mass is 16.1. The van der Waals surface area contributed by atoms with Crippen molar-refractivity contribution in [1.29, 1.82) is 0 Å². The van der Waals surface area contributed by atoms with Crippen LogP contribution in [0.3, 0.4) is 0 Å². The largest absolute Gasteiger partial charge is 0.293 e. The lowest BCUT2D eigenvalue weighted by Gasteiger charge is -2.49. The van der Waals surface area contributed by atoms with Crippen LogP contribution in [0, 0.1) is 6.92 Å². The molecular weight excluding hydrogens is 360 g/mol.